The first-order chi connectivity index (χ1) is 21.3. The fourth-order valence-corrected chi connectivity index (χ4v) is 6.26. The minimum Gasteiger partial charge on any atom is -0.350 e. The molecule has 0 saturated carbocycles. The van der Waals surface area contributed by atoms with E-state index in [1.165, 1.54) is 0 Å². The molecule has 4 atom stereocenters. The number of hydroxylamine groups is 1. The summed E-state index contributed by atoms with van der Waals surface area (Å²) < 4.78 is 7.39. The Morgan fingerprint density at radius 3 is 2.34 bits per heavy atom. The molecule has 10 nitrogen and oxygen atoms in total. The Hall–Kier alpha value is -3.86. The van der Waals surface area contributed by atoms with Crippen LogP contribution in [0.3, 0.4) is 0 Å². The molecule has 0 bridgehead atoms. The first-order valence-electron chi connectivity index (χ1n) is 15.5. The number of nitrogens with two attached hydrogens (primary N) is 1. The number of rotatable bonds is 16. The van der Waals surface area contributed by atoms with Gasteiger partial charge in [-0.05, 0) is 55.6 Å². The van der Waals surface area contributed by atoms with Gasteiger partial charge in [0, 0.05) is 30.8 Å². The smallest absolute Gasteiger partial charge is 0.248 e. The van der Waals surface area contributed by atoms with Crippen molar-refractivity contribution >= 4 is 17.6 Å². The van der Waals surface area contributed by atoms with E-state index in [2.05, 4.69) is 15.9 Å². The van der Waals surface area contributed by atoms with E-state index in [0.29, 0.717) is 32.3 Å². The highest BCUT2D eigenvalue weighted by molar-refractivity contribution is 5.95. The third-order valence-corrected chi connectivity index (χ3v) is 8.42. The van der Waals surface area contributed by atoms with Crippen LogP contribution in [0.15, 0.2) is 79.4 Å². The lowest BCUT2D eigenvalue weighted by molar-refractivity contribution is -0.205. The SMILES string of the molecule is CC(C)C[C@@H](C(=O)NN)[C@H](C(=O)NOC1CCCCO1)C(CCc1ccccc1)(Cc1ccccc1)C(=O)Cn1ccnc1. The number of carbonyl (C=O) groups is 3. The van der Waals surface area contributed by atoms with Gasteiger partial charge in [-0.3, -0.25) is 19.8 Å². The Kier molecular flexibility index (Phi) is 12.2. The molecule has 1 aliphatic rings. The number of amides is 2. The lowest BCUT2D eigenvalue weighted by Crippen LogP contribution is -2.56. The van der Waals surface area contributed by atoms with Gasteiger partial charge in [0.2, 0.25) is 11.8 Å². The Labute approximate surface area is 259 Å². The van der Waals surface area contributed by atoms with Crippen molar-refractivity contribution < 1.29 is 24.0 Å². The van der Waals surface area contributed by atoms with Crippen LogP contribution in [0, 0.1) is 23.2 Å². The van der Waals surface area contributed by atoms with Crippen molar-refractivity contribution in [2.45, 2.75) is 71.6 Å². The zero-order chi connectivity index (χ0) is 31.4. The Balaban J connectivity index is 1.86. The molecule has 10 heteroatoms. The average Bonchev–Trinajstić information content (AvgIpc) is 3.56. The zero-order valence-electron chi connectivity index (χ0n) is 25.7. The molecular weight excluding hydrogens is 558 g/mol. The van der Waals surface area contributed by atoms with Crippen LogP contribution in [0.2, 0.25) is 0 Å². The highest BCUT2D eigenvalue weighted by Crippen LogP contribution is 2.45. The molecule has 4 rings (SSSR count). The monoisotopic (exact) mass is 603 g/mol. The van der Waals surface area contributed by atoms with Crippen molar-refractivity contribution in [3.8, 4) is 0 Å². The lowest BCUT2D eigenvalue weighted by Gasteiger charge is -2.43. The zero-order valence-corrected chi connectivity index (χ0v) is 25.7. The predicted molar refractivity (Wildman–Crippen MR) is 166 cm³/mol. The second-order valence-corrected chi connectivity index (χ2v) is 12.1. The molecule has 0 spiro atoms. The number of aromatic nitrogens is 2. The van der Waals surface area contributed by atoms with Crippen molar-refractivity contribution in [3.05, 3.63) is 90.5 Å². The highest BCUT2D eigenvalue weighted by atomic mass is 16.8. The summed E-state index contributed by atoms with van der Waals surface area (Å²) in [5.74, 6) is 2.52. The van der Waals surface area contributed by atoms with E-state index < -0.39 is 35.4 Å². The maximum atomic E-state index is 14.9. The van der Waals surface area contributed by atoms with Crippen molar-refractivity contribution in [2.75, 3.05) is 6.61 Å². The summed E-state index contributed by atoms with van der Waals surface area (Å²) in [6, 6.07) is 19.5. The van der Waals surface area contributed by atoms with Gasteiger partial charge < -0.3 is 9.30 Å². The second-order valence-electron chi connectivity index (χ2n) is 12.1. The van der Waals surface area contributed by atoms with Gasteiger partial charge >= 0.3 is 0 Å². The largest absolute Gasteiger partial charge is 0.350 e. The average molecular weight is 604 g/mol. The van der Waals surface area contributed by atoms with E-state index in [1.807, 2.05) is 74.5 Å². The molecule has 236 valence electrons. The number of ketones is 1. The molecule has 0 radical (unpaired) electrons. The quantitative estimate of drug-likeness (QED) is 0.127. The molecule has 1 aliphatic heterocycles. The Morgan fingerprint density at radius 2 is 1.75 bits per heavy atom. The molecule has 44 heavy (non-hydrogen) atoms. The molecule has 1 saturated heterocycles. The Morgan fingerprint density at radius 1 is 1.05 bits per heavy atom. The molecular formula is C34H45N5O5. The number of carbonyl (C=O) groups excluding carboxylic acids is 3. The third kappa shape index (κ3) is 8.84. The lowest BCUT2D eigenvalue weighted by atomic mass is 9.59. The molecule has 2 aromatic carbocycles. The van der Waals surface area contributed by atoms with Gasteiger partial charge in [0.15, 0.2) is 12.1 Å². The third-order valence-electron chi connectivity index (χ3n) is 8.42. The number of nitrogens with zero attached hydrogens (tertiary/aromatic N) is 2. The van der Waals surface area contributed by atoms with Crippen LogP contribution in [0.5, 0.6) is 0 Å². The van der Waals surface area contributed by atoms with E-state index in [9.17, 15) is 14.4 Å². The van der Waals surface area contributed by atoms with Crippen LogP contribution in [0.25, 0.3) is 0 Å². The number of benzene rings is 2. The van der Waals surface area contributed by atoms with Gasteiger partial charge in [-0.25, -0.2) is 21.1 Å². The molecule has 4 N–H and O–H groups in total. The van der Waals surface area contributed by atoms with Crippen LogP contribution >= 0.6 is 0 Å². The fourth-order valence-electron chi connectivity index (χ4n) is 6.26. The second kappa shape index (κ2) is 16.3. The van der Waals surface area contributed by atoms with E-state index >= 15 is 0 Å². The van der Waals surface area contributed by atoms with Crippen molar-refractivity contribution in [1.29, 1.82) is 0 Å². The number of Topliss-reactive ketones (excluding diaryl/α,β-unsaturated/α-hetero) is 1. The van der Waals surface area contributed by atoms with Gasteiger partial charge in [-0.2, -0.15) is 0 Å². The molecule has 1 aromatic heterocycles. The summed E-state index contributed by atoms with van der Waals surface area (Å²) >= 11 is 0. The van der Waals surface area contributed by atoms with E-state index in [1.54, 1.807) is 23.3 Å². The topological polar surface area (TPSA) is 138 Å². The summed E-state index contributed by atoms with van der Waals surface area (Å²) in [5.41, 5.74) is 5.50. The first kappa shape index (κ1) is 33.0. The molecule has 2 heterocycles. The number of hydrogen-bond acceptors (Lipinski definition) is 7. The predicted octanol–water partition coefficient (Wildman–Crippen LogP) is 4.16. The van der Waals surface area contributed by atoms with Gasteiger partial charge in [0.05, 0.1) is 24.7 Å². The van der Waals surface area contributed by atoms with E-state index in [4.69, 9.17) is 15.4 Å². The van der Waals surface area contributed by atoms with Crippen LogP contribution in [-0.4, -0.2) is 40.0 Å². The van der Waals surface area contributed by atoms with E-state index in [-0.39, 0.29) is 24.7 Å². The van der Waals surface area contributed by atoms with Crippen molar-refractivity contribution in [2.24, 2.45) is 29.0 Å². The number of nitrogens with one attached hydrogen (secondary N) is 2. The van der Waals surface area contributed by atoms with Gasteiger partial charge in [-0.15, -0.1) is 0 Å². The van der Waals surface area contributed by atoms with E-state index in [0.717, 1.165) is 24.0 Å². The van der Waals surface area contributed by atoms with Gasteiger partial charge in [0.1, 0.15) is 0 Å². The summed E-state index contributed by atoms with van der Waals surface area (Å²) in [6.07, 6.45) is 8.17. The molecule has 0 aliphatic carbocycles. The van der Waals surface area contributed by atoms with Crippen LogP contribution in [-0.2, 0) is 43.3 Å². The molecule has 3 aromatic rings. The number of hydrazine groups is 1. The van der Waals surface area contributed by atoms with Crippen molar-refractivity contribution in [1.82, 2.24) is 20.5 Å². The standard InChI is InChI=1S/C34H45N5O5/c1-25(2)21-28(32(41)37-35)31(33(42)38-44-30-15-9-10-20-43-30)34(22-27-13-7-4-8-14-27,17-16-26-11-5-3-6-12-26)29(40)23-39-19-18-36-24-39/h3-8,11-14,18-19,24-25,28,30-31H,9-10,15-17,20-23,35H2,1-2H3,(H,37,41)(H,38,42)/t28-,30?,31-,34?/m1/s1. The number of ether oxygens (including phenoxy) is 1. The molecule has 2 unspecified atom stereocenters. The summed E-state index contributed by atoms with van der Waals surface area (Å²) in [7, 11) is 0. The highest BCUT2D eigenvalue weighted by Gasteiger charge is 2.53. The summed E-state index contributed by atoms with van der Waals surface area (Å²) in [4.78, 5) is 52.9. The number of aryl methyl sites for hydroxylation is 1. The fraction of sp³-hybridized carbons (Fsp3) is 0.471. The number of hydrogen-bond donors (Lipinski definition) is 3. The first-order valence-corrected chi connectivity index (χ1v) is 15.5. The molecule has 1 fully saturated rings. The summed E-state index contributed by atoms with van der Waals surface area (Å²) in [5, 5.41) is 0. The maximum Gasteiger partial charge on any atom is 0.248 e. The van der Waals surface area contributed by atoms with Gasteiger partial charge in [-0.1, -0.05) is 74.5 Å². The van der Waals surface area contributed by atoms with Gasteiger partial charge in [0.25, 0.3) is 0 Å². The minimum atomic E-state index is -1.33. The van der Waals surface area contributed by atoms with Crippen LogP contribution in [0.4, 0.5) is 0 Å². The maximum absolute atomic E-state index is 14.9. The molecule has 2 amide bonds. The van der Waals surface area contributed by atoms with Crippen LogP contribution < -0.4 is 16.7 Å². The van der Waals surface area contributed by atoms with Crippen LogP contribution in [0.1, 0.15) is 57.1 Å². The summed E-state index contributed by atoms with van der Waals surface area (Å²) in [6.45, 7) is 4.48. The Bertz CT molecular complexity index is 1310. The normalized spacial score (nSPS) is 17.8. The minimum absolute atomic E-state index is 0.0172. The number of imidazole rings is 1. The van der Waals surface area contributed by atoms with Crippen molar-refractivity contribution in [3.63, 3.8) is 0 Å².